The highest BCUT2D eigenvalue weighted by atomic mass is 16.3. The molecule has 3 heteroatoms. The Labute approximate surface area is 320 Å². The van der Waals surface area contributed by atoms with Crippen molar-refractivity contribution < 1.29 is 4.42 Å². The van der Waals surface area contributed by atoms with E-state index in [1.54, 1.807) is 0 Å². The van der Waals surface area contributed by atoms with Gasteiger partial charge < -0.3 is 4.42 Å². The number of hydrogen-bond donors (Lipinski definition) is 0. The number of hydrogen-bond acceptors (Lipinski definition) is 3. The number of oxazole rings is 1. The van der Waals surface area contributed by atoms with Crippen molar-refractivity contribution in [2.75, 3.05) is 0 Å². The third kappa shape index (κ3) is 5.78. The van der Waals surface area contributed by atoms with Crippen molar-refractivity contribution in [1.29, 1.82) is 0 Å². The van der Waals surface area contributed by atoms with Gasteiger partial charge in [0.15, 0.2) is 5.58 Å². The highest BCUT2D eigenvalue weighted by molar-refractivity contribution is 6.09. The Bertz CT molecular complexity index is 3030. The van der Waals surface area contributed by atoms with Gasteiger partial charge in [-0.05, 0) is 92.7 Å². The minimum atomic E-state index is 0.664. The van der Waals surface area contributed by atoms with Crippen LogP contribution < -0.4 is 0 Å². The molecule has 0 saturated carbocycles. The van der Waals surface area contributed by atoms with Gasteiger partial charge in [0.1, 0.15) is 5.52 Å². The number of nitrogens with zero attached hydrogens (tertiary/aromatic N) is 2. The van der Waals surface area contributed by atoms with E-state index in [0.29, 0.717) is 5.89 Å². The van der Waals surface area contributed by atoms with Crippen molar-refractivity contribution in [3.8, 4) is 67.3 Å². The molecule has 10 aromatic rings. The molecule has 2 aromatic heterocycles. The van der Waals surface area contributed by atoms with E-state index in [2.05, 4.69) is 184 Å². The fraction of sp³-hybridized carbons (Fsp3) is 0.0385. The van der Waals surface area contributed by atoms with Crippen molar-refractivity contribution in [3.63, 3.8) is 0 Å². The van der Waals surface area contributed by atoms with Gasteiger partial charge in [-0.2, -0.15) is 0 Å². The van der Waals surface area contributed by atoms with Crippen LogP contribution in [0.15, 0.2) is 186 Å². The Hall–Kier alpha value is -7.10. The zero-order valence-corrected chi connectivity index (χ0v) is 30.6. The molecule has 260 valence electrons. The summed E-state index contributed by atoms with van der Waals surface area (Å²) in [5.74, 6) is 0.664. The van der Waals surface area contributed by atoms with Crippen LogP contribution in [0.2, 0.25) is 0 Å². The highest BCUT2D eigenvalue weighted by Crippen LogP contribution is 2.44. The molecule has 55 heavy (non-hydrogen) atoms. The maximum Gasteiger partial charge on any atom is 0.227 e. The second kappa shape index (κ2) is 13.4. The maximum atomic E-state index is 6.25. The van der Waals surface area contributed by atoms with E-state index in [1.807, 2.05) is 12.1 Å². The predicted molar refractivity (Wildman–Crippen MR) is 229 cm³/mol. The predicted octanol–water partition coefficient (Wildman–Crippen LogP) is 14.1. The Kier molecular flexibility index (Phi) is 7.92. The number of aromatic nitrogens is 2. The van der Waals surface area contributed by atoms with E-state index < -0.39 is 0 Å². The van der Waals surface area contributed by atoms with Gasteiger partial charge in [0.25, 0.3) is 0 Å². The van der Waals surface area contributed by atoms with Gasteiger partial charge in [-0.15, -0.1) is 0 Å². The van der Waals surface area contributed by atoms with E-state index in [-0.39, 0.29) is 0 Å². The van der Waals surface area contributed by atoms with Gasteiger partial charge in [-0.1, -0.05) is 164 Å². The van der Waals surface area contributed by atoms with Crippen LogP contribution in [0.25, 0.3) is 100.0 Å². The number of fused-ring (bicyclic) bond motifs is 3. The zero-order valence-electron chi connectivity index (χ0n) is 30.6. The summed E-state index contributed by atoms with van der Waals surface area (Å²) in [5.41, 5.74) is 16.0. The summed E-state index contributed by atoms with van der Waals surface area (Å²) in [4.78, 5) is 10.3. The van der Waals surface area contributed by atoms with Gasteiger partial charge in [-0.3, -0.25) is 0 Å². The van der Waals surface area contributed by atoms with Crippen LogP contribution in [-0.2, 0) is 0 Å². The number of rotatable bonds is 6. The Morgan fingerprint density at radius 3 is 1.85 bits per heavy atom. The lowest BCUT2D eigenvalue weighted by Crippen LogP contribution is -1.95. The van der Waals surface area contributed by atoms with Gasteiger partial charge in [0.2, 0.25) is 5.89 Å². The molecule has 0 amide bonds. The first-order valence-electron chi connectivity index (χ1n) is 18.7. The second-order valence-electron chi connectivity index (χ2n) is 14.2. The van der Waals surface area contributed by atoms with Crippen molar-refractivity contribution in [2.24, 2.45) is 0 Å². The number of aryl methyl sites for hydroxylation is 2. The summed E-state index contributed by atoms with van der Waals surface area (Å²) in [7, 11) is 0. The van der Waals surface area contributed by atoms with Crippen LogP contribution in [0.1, 0.15) is 11.1 Å². The van der Waals surface area contributed by atoms with Crippen molar-refractivity contribution in [3.05, 3.63) is 193 Å². The maximum absolute atomic E-state index is 6.25. The average molecular weight is 705 g/mol. The third-order valence-corrected chi connectivity index (χ3v) is 10.8. The molecule has 0 fully saturated rings. The molecule has 0 bridgehead atoms. The lowest BCUT2D eigenvalue weighted by atomic mass is 9.86. The SMILES string of the molecule is Cc1cccc(C)c1-c1nc2cc(-c3ccc(-c4ccc5ccccc5c4-c4ccccc4-c4nc(-c5ccccc5)cc5ccccc45)cc3)ccc2o1. The van der Waals surface area contributed by atoms with Crippen LogP contribution in [0.4, 0.5) is 0 Å². The van der Waals surface area contributed by atoms with Crippen molar-refractivity contribution >= 4 is 32.6 Å². The highest BCUT2D eigenvalue weighted by Gasteiger charge is 2.19. The molecular weight excluding hydrogens is 669 g/mol. The first-order chi connectivity index (χ1) is 27.1. The molecule has 2 heterocycles. The quantitative estimate of drug-likeness (QED) is 0.173. The summed E-state index contributed by atoms with van der Waals surface area (Å²) < 4.78 is 6.25. The summed E-state index contributed by atoms with van der Waals surface area (Å²) in [6, 6.07) is 64.6. The average Bonchev–Trinajstić information content (AvgIpc) is 3.66. The zero-order chi connectivity index (χ0) is 36.9. The largest absolute Gasteiger partial charge is 0.436 e. The van der Waals surface area contributed by atoms with Crippen LogP contribution in [-0.4, -0.2) is 9.97 Å². The molecule has 8 aromatic carbocycles. The van der Waals surface area contributed by atoms with E-state index in [9.17, 15) is 0 Å². The molecule has 0 unspecified atom stereocenters. The number of benzene rings is 8. The fourth-order valence-electron chi connectivity index (χ4n) is 8.08. The van der Waals surface area contributed by atoms with Gasteiger partial charge in [0, 0.05) is 22.1 Å². The van der Waals surface area contributed by atoms with E-state index in [1.165, 1.54) is 27.3 Å². The standard InChI is InChI=1S/C52H36N2O/c1-33-13-12-14-34(2)49(33)52-54-47-31-39(28-30-48(47)55-52)35-23-25-37(26-24-35)42-29-27-36-15-6-8-19-41(36)50(42)44-21-10-11-22-45(44)51-43-20-9-7-18-40(43)32-46(53-51)38-16-4-3-5-17-38/h3-32H,1-2H3. The lowest BCUT2D eigenvalue weighted by Gasteiger charge is -2.19. The molecule has 0 spiro atoms. The van der Waals surface area contributed by atoms with Crippen molar-refractivity contribution in [2.45, 2.75) is 13.8 Å². The third-order valence-electron chi connectivity index (χ3n) is 10.8. The van der Waals surface area contributed by atoms with Crippen LogP contribution in [0.3, 0.4) is 0 Å². The molecule has 0 saturated heterocycles. The topological polar surface area (TPSA) is 38.9 Å². The molecule has 0 aliphatic carbocycles. The minimum absolute atomic E-state index is 0.664. The Morgan fingerprint density at radius 2 is 1.05 bits per heavy atom. The first kappa shape index (κ1) is 32.5. The van der Waals surface area contributed by atoms with Gasteiger partial charge >= 0.3 is 0 Å². The Morgan fingerprint density at radius 1 is 0.400 bits per heavy atom. The fourth-order valence-corrected chi connectivity index (χ4v) is 8.08. The van der Waals surface area contributed by atoms with Gasteiger partial charge in [-0.25, -0.2) is 9.97 Å². The van der Waals surface area contributed by atoms with E-state index in [4.69, 9.17) is 14.4 Å². The lowest BCUT2D eigenvalue weighted by molar-refractivity contribution is 0.618. The van der Waals surface area contributed by atoms with Crippen LogP contribution in [0.5, 0.6) is 0 Å². The minimum Gasteiger partial charge on any atom is -0.436 e. The monoisotopic (exact) mass is 704 g/mol. The molecule has 0 atom stereocenters. The molecule has 3 nitrogen and oxygen atoms in total. The summed E-state index contributed by atoms with van der Waals surface area (Å²) in [5, 5.41) is 4.70. The van der Waals surface area contributed by atoms with Gasteiger partial charge in [0.05, 0.1) is 11.4 Å². The van der Waals surface area contributed by atoms with E-state index >= 15 is 0 Å². The van der Waals surface area contributed by atoms with E-state index in [0.717, 1.165) is 77.9 Å². The first-order valence-corrected chi connectivity index (χ1v) is 18.7. The van der Waals surface area contributed by atoms with Crippen molar-refractivity contribution in [1.82, 2.24) is 9.97 Å². The molecule has 10 rings (SSSR count). The van der Waals surface area contributed by atoms with Crippen LogP contribution >= 0.6 is 0 Å². The smallest absolute Gasteiger partial charge is 0.227 e. The molecule has 0 N–H and O–H groups in total. The molecule has 0 aliphatic heterocycles. The molecule has 0 aliphatic rings. The van der Waals surface area contributed by atoms with Crippen LogP contribution in [0, 0.1) is 13.8 Å². The Balaban J connectivity index is 1.10. The molecular formula is C52H36N2O. The second-order valence-corrected chi connectivity index (χ2v) is 14.2. The summed E-state index contributed by atoms with van der Waals surface area (Å²) >= 11 is 0. The summed E-state index contributed by atoms with van der Waals surface area (Å²) in [6.45, 7) is 4.21. The number of pyridine rings is 1. The summed E-state index contributed by atoms with van der Waals surface area (Å²) in [6.07, 6.45) is 0. The normalized spacial score (nSPS) is 11.5. The molecule has 0 radical (unpaired) electrons.